The Balaban J connectivity index is 1.82. The zero-order chi connectivity index (χ0) is 26.9. The van der Waals surface area contributed by atoms with Crippen molar-refractivity contribution < 1.29 is 29.0 Å². The minimum atomic E-state index is -1.19. The van der Waals surface area contributed by atoms with Crippen LogP contribution in [0.2, 0.25) is 5.02 Å². The standard InChI is InChI=1S/C28H35ClN2O6/c1-5-14-30(19-10-8-18(29)9-11-19)26(34)24-28-13-12-21(37-28)22(27(35)36-15-6-2)23(28)25(33)31(24)20(16-32)17(4)7-3/h5-6,8-11,17,20-24,32H,1-2,7,12-16H2,3-4H3/t17-,20-,21+,22-,23-,24?,28?/m0/s1. The molecule has 1 spiro atoms. The monoisotopic (exact) mass is 530 g/mol. The highest BCUT2D eigenvalue weighted by Gasteiger charge is 2.75. The number of carbonyl (C=O) groups is 3. The Labute approximate surface area is 222 Å². The molecular weight excluding hydrogens is 496 g/mol. The van der Waals surface area contributed by atoms with Crippen molar-refractivity contribution in [3.05, 3.63) is 54.6 Å². The summed E-state index contributed by atoms with van der Waals surface area (Å²) in [5.41, 5.74) is -0.594. The first-order valence-corrected chi connectivity index (χ1v) is 13.2. The average molecular weight is 531 g/mol. The maximum Gasteiger partial charge on any atom is 0.312 e. The van der Waals surface area contributed by atoms with E-state index in [0.717, 1.165) is 0 Å². The molecule has 4 rings (SSSR count). The fourth-order valence-electron chi connectivity index (χ4n) is 6.27. The van der Waals surface area contributed by atoms with E-state index in [0.29, 0.717) is 30.0 Å². The summed E-state index contributed by atoms with van der Waals surface area (Å²) in [4.78, 5) is 44.7. The van der Waals surface area contributed by atoms with Crippen LogP contribution in [-0.2, 0) is 23.9 Å². The summed E-state index contributed by atoms with van der Waals surface area (Å²) in [6.45, 7) is 11.2. The molecule has 0 radical (unpaired) electrons. The van der Waals surface area contributed by atoms with Crippen LogP contribution >= 0.6 is 11.6 Å². The molecule has 0 saturated carbocycles. The lowest BCUT2D eigenvalue weighted by Crippen LogP contribution is -2.60. The van der Waals surface area contributed by atoms with Gasteiger partial charge >= 0.3 is 5.97 Å². The molecular formula is C28H35ClN2O6. The number of rotatable bonds is 11. The normalized spacial score (nSPS) is 29.5. The highest BCUT2D eigenvalue weighted by molar-refractivity contribution is 6.30. The molecule has 1 aromatic carbocycles. The second kappa shape index (κ2) is 11.0. The van der Waals surface area contributed by atoms with Crippen molar-refractivity contribution in [2.24, 2.45) is 17.8 Å². The van der Waals surface area contributed by atoms with Gasteiger partial charge in [0, 0.05) is 17.3 Å². The number of hydrogen-bond acceptors (Lipinski definition) is 6. The molecule has 200 valence electrons. The second-order valence-electron chi connectivity index (χ2n) is 10.1. The van der Waals surface area contributed by atoms with Crippen LogP contribution in [0.15, 0.2) is 49.6 Å². The molecule has 3 saturated heterocycles. The fraction of sp³-hybridized carbons (Fsp3) is 0.536. The summed E-state index contributed by atoms with van der Waals surface area (Å²) >= 11 is 6.08. The third-order valence-electron chi connectivity index (χ3n) is 8.15. The van der Waals surface area contributed by atoms with E-state index in [1.165, 1.54) is 11.0 Å². The summed E-state index contributed by atoms with van der Waals surface area (Å²) in [5, 5.41) is 11.0. The summed E-state index contributed by atoms with van der Waals surface area (Å²) in [5.74, 6) is -3.00. The van der Waals surface area contributed by atoms with E-state index in [-0.39, 0.29) is 37.5 Å². The van der Waals surface area contributed by atoms with Crippen LogP contribution in [0, 0.1) is 17.8 Å². The van der Waals surface area contributed by atoms with Crippen molar-refractivity contribution in [2.45, 2.75) is 56.9 Å². The molecule has 37 heavy (non-hydrogen) atoms. The van der Waals surface area contributed by atoms with Gasteiger partial charge in [0.2, 0.25) is 5.91 Å². The maximum atomic E-state index is 14.4. The van der Waals surface area contributed by atoms with Gasteiger partial charge in [0.15, 0.2) is 0 Å². The van der Waals surface area contributed by atoms with Crippen molar-refractivity contribution in [1.29, 1.82) is 0 Å². The summed E-state index contributed by atoms with van der Waals surface area (Å²) in [6.07, 6.45) is 4.25. The van der Waals surface area contributed by atoms with E-state index >= 15 is 0 Å². The van der Waals surface area contributed by atoms with Gasteiger partial charge in [0.1, 0.15) is 18.2 Å². The number of benzene rings is 1. The van der Waals surface area contributed by atoms with Crippen LogP contribution in [0.25, 0.3) is 0 Å². The first-order chi connectivity index (χ1) is 17.7. The molecule has 2 amide bonds. The number of likely N-dealkylation sites (tertiary alicyclic amines) is 1. The number of nitrogens with zero attached hydrogens (tertiary/aromatic N) is 2. The highest BCUT2D eigenvalue weighted by Crippen LogP contribution is 2.59. The van der Waals surface area contributed by atoms with Crippen molar-refractivity contribution in [3.8, 4) is 0 Å². The molecule has 9 heteroatoms. The molecule has 2 unspecified atom stereocenters. The van der Waals surface area contributed by atoms with Gasteiger partial charge in [-0.05, 0) is 43.0 Å². The molecule has 3 aliphatic rings. The van der Waals surface area contributed by atoms with E-state index in [1.54, 1.807) is 35.2 Å². The Kier molecular flexibility index (Phi) is 8.11. The molecule has 8 nitrogen and oxygen atoms in total. The van der Waals surface area contributed by atoms with Crippen LogP contribution in [0.5, 0.6) is 0 Å². The molecule has 0 aliphatic carbocycles. The number of aliphatic hydroxyl groups excluding tert-OH is 1. The number of anilines is 1. The molecule has 7 atom stereocenters. The predicted molar refractivity (Wildman–Crippen MR) is 140 cm³/mol. The lowest BCUT2D eigenvalue weighted by molar-refractivity contribution is -0.155. The van der Waals surface area contributed by atoms with E-state index in [1.807, 2.05) is 13.8 Å². The molecule has 2 bridgehead atoms. The minimum absolute atomic E-state index is 0.0256. The number of hydrogen-bond donors (Lipinski definition) is 1. The number of aliphatic hydroxyl groups is 1. The largest absolute Gasteiger partial charge is 0.461 e. The Bertz CT molecular complexity index is 1060. The van der Waals surface area contributed by atoms with Gasteiger partial charge in [-0.2, -0.15) is 0 Å². The number of fused-ring (bicyclic) bond motifs is 1. The smallest absolute Gasteiger partial charge is 0.312 e. The third kappa shape index (κ3) is 4.49. The van der Waals surface area contributed by atoms with Crippen molar-refractivity contribution >= 4 is 35.1 Å². The van der Waals surface area contributed by atoms with Crippen LogP contribution in [-0.4, -0.2) is 71.3 Å². The molecule has 3 fully saturated rings. The topological polar surface area (TPSA) is 96.4 Å². The summed E-state index contributed by atoms with van der Waals surface area (Å²) in [6, 6.07) is 5.22. The number of halogens is 1. The third-order valence-corrected chi connectivity index (χ3v) is 8.40. The number of ether oxygens (including phenoxy) is 2. The molecule has 0 aromatic heterocycles. The predicted octanol–water partition coefficient (Wildman–Crippen LogP) is 3.37. The first kappa shape index (κ1) is 27.4. The van der Waals surface area contributed by atoms with Gasteiger partial charge in [-0.1, -0.05) is 50.6 Å². The van der Waals surface area contributed by atoms with Crippen LogP contribution in [0.4, 0.5) is 5.69 Å². The zero-order valence-electron chi connectivity index (χ0n) is 21.3. The van der Waals surface area contributed by atoms with Gasteiger partial charge in [0.25, 0.3) is 5.91 Å². The lowest BCUT2D eigenvalue weighted by Gasteiger charge is -2.40. The summed E-state index contributed by atoms with van der Waals surface area (Å²) in [7, 11) is 0. The Hall–Kier alpha value is -2.68. The van der Waals surface area contributed by atoms with E-state index in [2.05, 4.69) is 13.2 Å². The van der Waals surface area contributed by atoms with Crippen molar-refractivity contribution in [2.75, 3.05) is 24.7 Å². The van der Waals surface area contributed by atoms with Crippen LogP contribution < -0.4 is 4.90 Å². The molecule has 3 aliphatic heterocycles. The second-order valence-corrected chi connectivity index (χ2v) is 10.5. The van der Waals surface area contributed by atoms with E-state index in [9.17, 15) is 19.5 Å². The Morgan fingerprint density at radius 2 is 2.03 bits per heavy atom. The van der Waals surface area contributed by atoms with E-state index < -0.39 is 41.6 Å². The SMILES string of the molecule is C=CCOC(=O)[C@@H]1[C@H]2C(=O)N([C@@H](CO)[C@@H](C)CC)C(C(=O)N(CC=C)c3ccc(Cl)cc3)C23CC[C@H]1O3. The van der Waals surface area contributed by atoms with Crippen molar-refractivity contribution in [3.63, 3.8) is 0 Å². The Morgan fingerprint density at radius 1 is 1.32 bits per heavy atom. The van der Waals surface area contributed by atoms with Gasteiger partial charge in [-0.3, -0.25) is 14.4 Å². The lowest BCUT2D eigenvalue weighted by atomic mass is 9.70. The van der Waals surface area contributed by atoms with Crippen LogP contribution in [0.3, 0.4) is 0 Å². The number of esters is 1. The maximum absolute atomic E-state index is 14.4. The first-order valence-electron chi connectivity index (χ1n) is 12.8. The highest BCUT2D eigenvalue weighted by atomic mass is 35.5. The molecule has 1 aromatic rings. The summed E-state index contributed by atoms with van der Waals surface area (Å²) < 4.78 is 11.8. The van der Waals surface area contributed by atoms with E-state index in [4.69, 9.17) is 21.1 Å². The number of carbonyl (C=O) groups excluding carboxylic acids is 3. The molecule has 3 heterocycles. The van der Waals surface area contributed by atoms with Gasteiger partial charge in [0.05, 0.1) is 30.6 Å². The quantitative estimate of drug-likeness (QED) is 0.348. The van der Waals surface area contributed by atoms with Gasteiger partial charge in [-0.15, -0.1) is 6.58 Å². The number of amides is 2. The van der Waals surface area contributed by atoms with Crippen LogP contribution in [0.1, 0.15) is 33.1 Å². The van der Waals surface area contributed by atoms with Crippen molar-refractivity contribution in [1.82, 2.24) is 4.90 Å². The minimum Gasteiger partial charge on any atom is -0.461 e. The Morgan fingerprint density at radius 3 is 2.62 bits per heavy atom. The van der Waals surface area contributed by atoms with Gasteiger partial charge in [-0.25, -0.2) is 0 Å². The fourth-order valence-corrected chi connectivity index (χ4v) is 6.39. The molecule has 1 N–H and O–H groups in total. The van der Waals surface area contributed by atoms with Gasteiger partial charge < -0.3 is 24.4 Å². The average Bonchev–Trinajstić information content (AvgIpc) is 3.54. The zero-order valence-corrected chi connectivity index (χ0v) is 22.1.